The highest BCUT2D eigenvalue weighted by Gasteiger charge is 2.35. The van der Waals surface area contributed by atoms with Crippen LogP contribution in [0.1, 0.15) is 40.9 Å². The van der Waals surface area contributed by atoms with E-state index in [9.17, 15) is 14.4 Å². The van der Waals surface area contributed by atoms with Crippen LogP contribution in [0.2, 0.25) is 5.02 Å². The topological polar surface area (TPSA) is 104 Å². The Labute approximate surface area is 209 Å². The van der Waals surface area contributed by atoms with Gasteiger partial charge in [0.25, 0.3) is 0 Å². The number of amides is 1. The zero-order chi connectivity index (χ0) is 25.1. The molecule has 2 heterocycles. The van der Waals surface area contributed by atoms with E-state index in [0.29, 0.717) is 21.0 Å². The Morgan fingerprint density at radius 3 is 2.46 bits per heavy atom. The molecule has 0 spiro atoms. The molecular weight excluding hydrogens is 496 g/mol. The third kappa shape index (κ3) is 5.28. The number of thiophene rings is 1. The van der Waals surface area contributed by atoms with Crippen molar-refractivity contribution in [3.05, 3.63) is 74.9 Å². The summed E-state index contributed by atoms with van der Waals surface area (Å²) in [5.41, 5.74) is 0.803. The van der Waals surface area contributed by atoms with Crippen molar-refractivity contribution in [1.82, 2.24) is 5.01 Å². The summed E-state index contributed by atoms with van der Waals surface area (Å²) in [6.07, 6.45) is -0.956. The third-order valence-corrected chi connectivity index (χ3v) is 5.88. The molecule has 1 aliphatic rings. The first-order valence-corrected chi connectivity index (χ1v) is 11.5. The predicted molar refractivity (Wildman–Crippen MR) is 128 cm³/mol. The first-order valence-electron chi connectivity index (χ1n) is 10.2. The second-order valence-corrected chi connectivity index (χ2v) is 8.63. The number of methoxy groups -OCH3 is 1. The zero-order valence-electron chi connectivity index (χ0n) is 18.8. The number of rotatable bonds is 6. The highest BCUT2D eigenvalue weighted by Crippen LogP contribution is 2.38. The number of halogens is 1. The van der Waals surface area contributed by atoms with Crippen LogP contribution in [0.15, 0.2) is 59.0 Å². The van der Waals surface area contributed by atoms with Crippen LogP contribution < -0.4 is 14.2 Å². The minimum atomic E-state index is -0.956. The van der Waals surface area contributed by atoms with Crippen molar-refractivity contribution < 1.29 is 33.3 Å². The number of hydrogen-bond acceptors (Lipinski definition) is 9. The lowest BCUT2D eigenvalue weighted by Crippen LogP contribution is -2.25. The highest BCUT2D eigenvalue weighted by molar-refractivity contribution is 7.12. The molecular formula is C24H19ClN2O7S. The number of hydrazone groups is 1. The van der Waals surface area contributed by atoms with E-state index < -0.39 is 24.1 Å². The molecule has 0 saturated carbocycles. The number of nitrogens with zero attached hydrogens (tertiary/aromatic N) is 2. The molecule has 9 nitrogen and oxygen atoms in total. The fourth-order valence-electron chi connectivity index (χ4n) is 3.27. The fourth-order valence-corrected chi connectivity index (χ4v) is 4.04. The maximum absolute atomic E-state index is 12.4. The number of esters is 2. The number of benzene rings is 2. The summed E-state index contributed by atoms with van der Waals surface area (Å²) in [4.78, 5) is 36.7. The molecule has 2 aromatic carbocycles. The van der Waals surface area contributed by atoms with Crippen LogP contribution in [0.4, 0.5) is 0 Å². The minimum Gasteiger partial charge on any atom is -0.493 e. The Hall–Kier alpha value is -3.89. The van der Waals surface area contributed by atoms with Gasteiger partial charge < -0.3 is 18.9 Å². The normalized spacial score (nSPS) is 14.7. The quantitative estimate of drug-likeness (QED) is 0.344. The van der Waals surface area contributed by atoms with Crippen LogP contribution in [0.3, 0.4) is 0 Å². The highest BCUT2D eigenvalue weighted by atomic mass is 35.5. The van der Waals surface area contributed by atoms with Crippen molar-refractivity contribution in [3.8, 4) is 17.2 Å². The van der Waals surface area contributed by atoms with Crippen LogP contribution >= 0.6 is 22.9 Å². The number of hydrogen-bond donors (Lipinski definition) is 0. The van der Waals surface area contributed by atoms with Crippen LogP contribution in [0, 0.1) is 0 Å². The van der Waals surface area contributed by atoms with Gasteiger partial charge in [0.2, 0.25) is 18.0 Å². The van der Waals surface area contributed by atoms with E-state index >= 15 is 0 Å². The molecule has 1 atom stereocenters. The molecule has 0 fully saturated rings. The summed E-state index contributed by atoms with van der Waals surface area (Å²) >= 11 is 7.39. The molecule has 1 aliphatic heterocycles. The van der Waals surface area contributed by atoms with E-state index in [1.807, 2.05) is 0 Å². The van der Waals surface area contributed by atoms with Gasteiger partial charge in [-0.25, -0.2) is 4.79 Å². The van der Waals surface area contributed by atoms with Gasteiger partial charge in [-0.15, -0.1) is 16.4 Å². The van der Waals surface area contributed by atoms with E-state index in [-0.39, 0.29) is 23.1 Å². The van der Waals surface area contributed by atoms with Crippen LogP contribution in [0.25, 0.3) is 0 Å². The van der Waals surface area contributed by atoms with Gasteiger partial charge in [0.05, 0.1) is 12.7 Å². The lowest BCUT2D eigenvalue weighted by Gasteiger charge is -2.20. The van der Waals surface area contributed by atoms with Gasteiger partial charge >= 0.3 is 11.9 Å². The Morgan fingerprint density at radius 1 is 1.03 bits per heavy atom. The van der Waals surface area contributed by atoms with Crippen molar-refractivity contribution in [1.29, 1.82) is 0 Å². The smallest absolute Gasteiger partial charge is 0.353 e. The lowest BCUT2D eigenvalue weighted by molar-refractivity contribution is -0.135. The van der Waals surface area contributed by atoms with Gasteiger partial charge in [0, 0.05) is 24.4 Å². The van der Waals surface area contributed by atoms with E-state index in [4.69, 9.17) is 30.5 Å². The molecule has 0 N–H and O–H groups in total. The lowest BCUT2D eigenvalue weighted by atomic mass is 10.1. The van der Waals surface area contributed by atoms with E-state index in [2.05, 4.69) is 5.10 Å². The first-order chi connectivity index (χ1) is 16.8. The van der Waals surface area contributed by atoms with Crippen LogP contribution in [-0.4, -0.2) is 35.9 Å². The number of carbonyl (C=O) groups excluding carboxylic acids is 3. The van der Waals surface area contributed by atoms with Gasteiger partial charge in [-0.3, -0.25) is 9.59 Å². The van der Waals surface area contributed by atoms with Crippen molar-refractivity contribution in [3.63, 3.8) is 0 Å². The maximum Gasteiger partial charge on any atom is 0.353 e. The van der Waals surface area contributed by atoms with Crippen LogP contribution in [0.5, 0.6) is 17.2 Å². The molecule has 4 rings (SSSR count). The number of ether oxygens (including phenoxy) is 4. The molecule has 11 heteroatoms. The minimum absolute atomic E-state index is 0.0381. The second-order valence-electron chi connectivity index (χ2n) is 7.25. The summed E-state index contributed by atoms with van der Waals surface area (Å²) in [5, 5.41) is 7.56. The van der Waals surface area contributed by atoms with Gasteiger partial charge in [0.15, 0.2) is 11.5 Å². The Balaban J connectivity index is 1.64. The number of carbonyl (C=O) groups is 3. The molecule has 0 radical (unpaired) electrons. The van der Waals surface area contributed by atoms with Gasteiger partial charge in [-0.1, -0.05) is 17.7 Å². The third-order valence-electron chi connectivity index (χ3n) is 4.79. The Kier molecular flexibility index (Phi) is 7.04. The molecule has 1 unspecified atom stereocenters. The molecule has 3 aromatic rings. The summed E-state index contributed by atoms with van der Waals surface area (Å²) in [6, 6.07) is 12.8. The van der Waals surface area contributed by atoms with E-state index in [1.54, 1.807) is 41.8 Å². The maximum atomic E-state index is 12.4. The standard InChI is InChI=1S/C24H19ClN2O7S/c1-13(28)27-23(34-22(26-27)17-12-16(25)7-9-18(17)32-14(2)29)15-6-8-19(20(11-15)31-3)33-24(30)21-5-4-10-35-21/h4-12,23H,1-3H3. The van der Waals surface area contributed by atoms with Gasteiger partial charge in [-0.2, -0.15) is 5.01 Å². The molecule has 0 saturated heterocycles. The summed E-state index contributed by atoms with van der Waals surface area (Å²) in [6.45, 7) is 2.60. The Bertz CT molecular complexity index is 1320. The zero-order valence-corrected chi connectivity index (χ0v) is 20.4. The van der Waals surface area contributed by atoms with Crippen molar-refractivity contribution in [2.24, 2.45) is 5.10 Å². The average Bonchev–Trinajstić information content (AvgIpc) is 3.51. The van der Waals surface area contributed by atoms with Crippen LogP contribution in [-0.2, 0) is 14.3 Å². The second kappa shape index (κ2) is 10.2. The van der Waals surface area contributed by atoms with Crippen molar-refractivity contribution in [2.75, 3.05) is 7.11 Å². The SMILES string of the molecule is COc1cc(C2OC(c3cc(Cl)ccc3OC(C)=O)=NN2C(C)=O)ccc1OC(=O)c1cccs1. The summed E-state index contributed by atoms with van der Waals surface area (Å²) in [5.74, 6) is -0.767. The Morgan fingerprint density at radius 2 is 1.80 bits per heavy atom. The molecule has 180 valence electrons. The summed E-state index contributed by atoms with van der Waals surface area (Å²) in [7, 11) is 1.43. The molecule has 35 heavy (non-hydrogen) atoms. The van der Waals surface area contributed by atoms with Gasteiger partial charge in [0.1, 0.15) is 10.6 Å². The molecule has 1 amide bonds. The van der Waals surface area contributed by atoms with E-state index in [0.717, 1.165) is 5.01 Å². The van der Waals surface area contributed by atoms with Crippen molar-refractivity contribution >= 4 is 46.7 Å². The average molecular weight is 515 g/mol. The summed E-state index contributed by atoms with van der Waals surface area (Å²) < 4.78 is 22.1. The van der Waals surface area contributed by atoms with Gasteiger partial charge in [-0.05, 0) is 47.8 Å². The molecule has 0 aliphatic carbocycles. The largest absolute Gasteiger partial charge is 0.493 e. The fraction of sp³-hybridized carbons (Fsp3) is 0.167. The molecule has 1 aromatic heterocycles. The van der Waals surface area contributed by atoms with E-state index in [1.165, 1.54) is 44.4 Å². The first kappa shape index (κ1) is 24.2. The molecule has 0 bridgehead atoms. The van der Waals surface area contributed by atoms with Crippen molar-refractivity contribution in [2.45, 2.75) is 20.1 Å². The predicted octanol–water partition coefficient (Wildman–Crippen LogP) is 4.79. The monoisotopic (exact) mass is 514 g/mol.